The molecule has 4 unspecified atom stereocenters. The molecule has 0 aromatic heterocycles. The number of ketones is 1. The Balaban J connectivity index is 1.76. The summed E-state index contributed by atoms with van der Waals surface area (Å²) in [6.07, 6.45) is 6.29. The smallest absolute Gasteiger partial charge is 0.139 e. The molecule has 2 saturated carbocycles. The van der Waals surface area contributed by atoms with E-state index in [-0.39, 0.29) is 10.8 Å². The lowest BCUT2D eigenvalue weighted by Gasteiger charge is -2.48. The van der Waals surface area contributed by atoms with Crippen molar-refractivity contribution in [2.75, 3.05) is 0 Å². The van der Waals surface area contributed by atoms with Crippen LogP contribution in [0, 0.1) is 17.3 Å². The van der Waals surface area contributed by atoms with Crippen LogP contribution in [0.2, 0.25) is 0 Å². The second kappa shape index (κ2) is 5.09. The van der Waals surface area contributed by atoms with Gasteiger partial charge in [0.2, 0.25) is 0 Å². The molecule has 0 heterocycles. The van der Waals surface area contributed by atoms with E-state index in [1.54, 1.807) is 0 Å². The van der Waals surface area contributed by atoms with Crippen LogP contribution in [0.4, 0.5) is 0 Å². The molecule has 2 fully saturated rings. The van der Waals surface area contributed by atoms with E-state index in [2.05, 4.69) is 33.8 Å². The Morgan fingerprint density at radius 1 is 1.12 bits per heavy atom. The molecule has 1 N–H and O–H groups in total. The van der Waals surface area contributed by atoms with Crippen molar-refractivity contribution in [3.05, 3.63) is 28.8 Å². The molecule has 0 bridgehead atoms. The third-order valence-corrected chi connectivity index (χ3v) is 7.36. The van der Waals surface area contributed by atoms with Crippen molar-refractivity contribution in [2.24, 2.45) is 17.3 Å². The van der Waals surface area contributed by atoms with Crippen LogP contribution in [-0.4, -0.2) is 10.9 Å². The third kappa shape index (κ3) is 2.18. The zero-order valence-corrected chi connectivity index (χ0v) is 15.5. The number of phenols is 1. The normalized spacial score (nSPS) is 35.3. The van der Waals surface area contributed by atoms with Crippen molar-refractivity contribution >= 4 is 5.78 Å². The van der Waals surface area contributed by atoms with E-state index in [0.717, 1.165) is 37.7 Å². The number of phenolic OH excluding ortho intramolecular Hbond substituents is 1. The van der Waals surface area contributed by atoms with Crippen LogP contribution in [0.1, 0.15) is 82.4 Å². The first-order chi connectivity index (χ1) is 11.2. The van der Waals surface area contributed by atoms with E-state index in [1.807, 2.05) is 6.07 Å². The summed E-state index contributed by atoms with van der Waals surface area (Å²) >= 11 is 0. The summed E-state index contributed by atoms with van der Waals surface area (Å²) in [7, 11) is 0. The van der Waals surface area contributed by atoms with Crippen LogP contribution in [0.5, 0.6) is 5.75 Å². The fraction of sp³-hybridized carbons (Fsp3) is 0.682. The molecule has 3 aliphatic carbocycles. The van der Waals surface area contributed by atoms with E-state index in [9.17, 15) is 9.90 Å². The molecule has 1 aromatic carbocycles. The van der Waals surface area contributed by atoms with Crippen molar-refractivity contribution in [3.63, 3.8) is 0 Å². The maximum absolute atomic E-state index is 12.4. The first-order valence-electron chi connectivity index (χ1n) is 9.61. The highest BCUT2D eigenvalue weighted by molar-refractivity contribution is 5.87. The Kier molecular flexibility index (Phi) is 3.43. The van der Waals surface area contributed by atoms with Crippen LogP contribution >= 0.6 is 0 Å². The number of benzene rings is 1. The minimum atomic E-state index is -0.0531. The molecule has 4 rings (SSSR count). The summed E-state index contributed by atoms with van der Waals surface area (Å²) in [4.78, 5) is 12.4. The number of aromatic hydroxyl groups is 1. The first-order valence-corrected chi connectivity index (χ1v) is 9.61. The van der Waals surface area contributed by atoms with Gasteiger partial charge in [0.05, 0.1) is 0 Å². The number of carbonyl (C=O) groups is 1. The van der Waals surface area contributed by atoms with Crippen LogP contribution < -0.4 is 0 Å². The van der Waals surface area contributed by atoms with Gasteiger partial charge in [0, 0.05) is 11.8 Å². The van der Waals surface area contributed by atoms with Gasteiger partial charge < -0.3 is 5.11 Å². The molecule has 0 radical (unpaired) electrons. The maximum atomic E-state index is 12.4. The largest absolute Gasteiger partial charge is 0.508 e. The Hall–Kier alpha value is -1.31. The van der Waals surface area contributed by atoms with E-state index in [0.29, 0.717) is 29.3 Å². The van der Waals surface area contributed by atoms with E-state index in [4.69, 9.17) is 0 Å². The minimum Gasteiger partial charge on any atom is -0.508 e. The topological polar surface area (TPSA) is 37.3 Å². The van der Waals surface area contributed by atoms with E-state index >= 15 is 0 Å². The fourth-order valence-electron chi connectivity index (χ4n) is 5.98. The molecule has 0 saturated heterocycles. The maximum Gasteiger partial charge on any atom is 0.139 e. The number of fused-ring (bicyclic) bond motifs is 5. The molecule has 2 nitrogen and oxygen atoms in total. The summed E-state index contributed by atoms with van der Waals surface area (Å²) < 4.78 is 0. The third-order valence-electron chi connectivity index (χ3n) is 7.36. The molecule has 0 amide bonds. The van der Waals surface area contributed by atoms with Gasteiger partial charge in [-0.1, -0.05) is 33.8 Å². The lowest BCUT2D eigenvalue weighted by molar-refractivity contribution is -0.129. The zero-order valence-electron chi connectivity index (χ0n) is 15.5. The second-order valence-electron chi connectivity index (χ2n) is 9.65. The van der Waals surface area contributed by atoms with Gasteiger partial charge in [-0.2, -0.15) is 0 Å². The number of rotatable bonds is 0. The van der Waals surface area contributed by atoms with Crippen molar-refractivity contribution in [1.82, 2.24) is 0 Å². The molecular formula is C22H30O2. The molecule has 2 heteroatoms. The lowest BCUT2D eigenvalue weighted by Crippen LogP contribution is -2.42. The number of hydrogen-bond acceptors (Lipinski definition) is 2. The van der Waals surface area contributed by atoms with Crippen molar-refractivity contribution in [3.8, 4) is 5.75 Å². The molecular weight excluding hydrogens is 296 g/mol. The number of Topliss-reactive ketones (excluding diaryl/α,β-unsaturated/α-hetero) is 1. The summed E-state index contributed by atoms with van der Waals surface area (Å²) in [5.74, 6) is 2.78. The van der Waals surface area contributed by atoms with Crippen LogP contribution in [0.3, 0.4) is 0 Å². The zero-order chi connectivity index (χ0) is 17.3. The Bertz CT molecular complexity index is 697. The number of aryl methyl sites for hydroxylation is 1. The van der Waals surface area contributed by atoms with Crippen molar-refractivity contribution < 1.29 is 9.90 Å². The van der Waals surface area contributed by atoms with Gasteiger partial charge in [0.1, 0.15) is 11.5 Å². The predicted molar refractivity (Wildman–Crippen MR) is 96.4 cm³/mol. The molecule has 0 spiro atoms. The molecule has 0 aliphatic heterocycles. The highest BCUT2D eigenvalue weighted by Crippen LogP contribution is 2.60. The van der Waals surface area contributed by atoms with Gasteiger partial charge in [0.15, 0.2) is 0 Å². The fourth-order valence-corrected chi connectivity index (χ4v) is 5.98. The van der Waals surface area contributed by atoms with Gasteiger partial charge in [0.25, 0.3) is 0 Å². The molecule has 4 atom stereocenters. The van der Waals surface area contributed by atoms with Crippen molar-refractivity contribution in [2.45, 2.75) is 77.6 Å². The summed E-state index contributed by atoms with van der Waals surface area (Å²) in [6, 6.07) is 4.32. The summed E-state index contributed by atoms with van der Waals surface area (Å²) in [6.45, 7) is 8.74. The lowest BCUT2D eigenvalue weighted by atomic mass is 9.55. The Morgan fingerprint density at radius 3 is 2.58 bits per heavy atom. The average molecular weight is 326 g/mol. The predicted octanol–water partition coefficient (Wildman–Crippen LogP) is 5.11. The van der Waals surface area contributed by atoms with Crippen LogP contribution in [0.15, 0.2) is 12.1 Å². The quantitative estimate of drug-likeness (QED) is 0.719. The van der Waals surface area contributed by atoms with Gasteiger partial charge in [-0.3, -0.25) is 4.79 Å². The molecule has 130 valence electrons. The van der Waals surface area contributed by atoms with Crippen molar-refractivity contribution in [1.29, 1.82) is 0 Å². The minimum absolute atomic E-state index is 0.0431. The standard InChI is InChI=1S/C22H30O2/c1-21(2,3)18-12-16-13(11-19(18)23)5-6-15-14(16)9-10-22(4)17(15)7-8-20(22)24/h11-12,14-15,17,23H,5-10H2,1-4H3. The van der Waals surface area contributed by atoms with Gasteiger partial charge in [-0.25, -0.2) is 0 Å². The molecule has 3 aliphatic rings. The highest BCUT2D eigenvalue weighted by atomic mass is 16.3. The Morgan fingerprint density at radius 2 is 1.88 bits per heavy atom. The number of hydrogen-bond donors (Lipinski definition) is 1. The van der Waals surface area contributed by atoms with E-state index < -0.39 is 0 Å². The second-order valence-corrected chi connectivity index (χ2v) is 9.65. The van der Waals surface area contributed by atoms with Crippen LogP contribution in [-0.2, 0) is 16.6 Å². The monoisotopic (exact) mass is 326 g/mol. The van der Waals surface area contributed by atoms with Gasteiger partial charge >= 0.3 is 0 Å². The summed E-state index contributed by atoms with van der Waals surface area (Å²) in [5, 5.41) is 10.5. The van der Waals surface area contributed by atoms with Gasteiger partial charge in [-0.05, 0) is 78.0 Å². The first kappa shape index (κ1) is 16.2. The summed E-state index contributed by atoms with van der Waals surface area (Å²) in [5.41, 5.74) is 3.78. The SMILES string of the molecule is CC(C)(C)c1cc2c(cc1O)CCC1C2CCC2(C)C(=O)CCC12. The van der Waals surface area contributed by atoms with Gasteiger partial charge in [-0.15, -0.1) is 0 Å². The number of carbonyl (C=O) groups excluding carboxylic acids is 1. The molecule has 24 heavy (non-hydrogen) atoms. The highest BCUT2D eigenvalue weighted by Gasteiger charge is 2.54. The molecule has 1 aromatic rings. The van der Waals surface area contributed by atoms with Crippen LogP contribution in [0.25, 0.3) is 0 Å². The van der Waals surface area contributed by atoms with E-state index in [1.165, 1.54) is 17.5 Å². The Labute approximate surface area is 145 Å². The average Bonchev–Trinajstić information content (AvgIpc) is 2.81.